The highest BCUT2D eigenvalue weighted by Gasteiger charge is 2.37. The van der Waals surface area contributed by atoms with E-state index in [1.54, 1.807) is 0 Å². The zero-order valence-electron chi connectivity index (χ0n) is 16.6. The van der Waals surface area contributed by atoms with E-state index >= 15 is 0 Å². The molecule has 0 saturated heterocycles. The van der Waals surface area contributed by atoms with E-state index in [4.69, 9.17) is 4.74 Å². The van der Waals surface area contributed by atoms with Crippen LogP contribution in [0.2, 0.25) is 0 Å². The Bertz CT molecular complexity index is 1180. The molecular formula is C20H8F6I2N2O5. The smallest absolute Gasteiger partial charge is 0.340 e. The Morgan fingerprint density at radius 2 is 1.09 bits per heavy atom. The lowest BCUT2D eigenvalue weighted by molar-refractivity contribution is -0.386. The molecule has 0 radical (unpaired) electrons. The first-order valence-electron chi connectivity index (χ1n) is 8.79. The Morgan fingerprint density at radius 1 is 0.743 bits per heavy atom. The quantitative estimate of drug-likeness (QED) is 0.104. The van der Waals surface area contributed by atoms with Crippen LogP contribution in [0, 0.1) is 39.9 Å². The number of hydrogen-bond acceptors (Lipinski definition) is 5. The third-order valence-electron chi connectivity index (χ3n) is 4.32. The van der Waals surface area contributed by atoms with Crippen LogP contribution in [0.5, 0.6) is 0 Å². The molecule has 2 aromatic carbocycles. The van der Waals surface area contributed by atoms with E-state index in [1.165, 1.54) is 45.2 Å². The number of alkyl halides is 6. The van der Waals surface area contributed by atoms with Gasteiger partial charge in [-0.2, -0.15) is 26.3 Å². The van der Waals surface area contributed by atoms with Gasteiger partial charge in [0.1, 0.15) is 0 Å². The Labute approximate surface area is 219 Å². The number of nitrogens with zero attached hydrogens (tertiary/aromatic N) is 2. The van der Waals surface area contributed by atoms with Gasteiger partial charge in [0.05, 0.1) is 32.1 Å². The van der Waals surface area contributed by atoms with Gasteiger partial charge in [0.25, 0.3) is 11.4 Å². The molecule has 0 fully saturated rings. The van der Waals surface area contributed by atoms with E-state index in [9.17, 15) is 46.6 Å². The molecule has 7 nitrogen and oxygen atoms in total. The molecule has 184 valence electrons. The predicted molar refractivity (Wildman–Crippen MR) is 126 cm³/mol. The number of benzene rings is 2. The SMILES string of the molecule is O=[N+]([O-])c1cc(C(F)(F)F)ccc1C(C#CI)OC(C#CI)c1ccc(C(F)(F)F)cc1[N+](=O)[O-]. The fourth-order valence-electron chi connectivity index (χ4n) is 2.80. The van der Waals surface area contributed by atoms with E-state index in [1.807, 2.05) is 0 Å². The number of hydrogen-bond donors (Lipinski definition) is 0. The highest BCUT2D eigenvalue weighted by molar-refractivity contribution is 14.1. The van der Waals surface area contributed by atoms with Crippen LogP contribution in [0.3, 0.4) is 0 Å². The van der Waals surface area contributed by atoms with Gasteiger partial charge in [-0.1, -0.05) is 11.8 Å². The first-order valence-corrected chi connectivity index (χ1v) is 10.9. The monoisotopic (exact) mass is 724 g/mol. The fraction of sp³-hybridized carbons (Fsp3) is 0.200. The molecule has 0 saturated carbocycles. The second kappa shape index (κ2) is 11.4. The standard InChI is InChI=1S/C20H8F6I2N2O5/c21-19(22,23)11-1-3-13(15(9-11)29(31)32)17(5-7-27)35-18(6-8-28)14-4-2-12(20(24,25)26)10-16(14)30(33)34/h1-4,9-10,17-18H. The molecular weight excluding hydrogens is 716 g/mol. The molecule has 0 aliphatic carbocycles. The number of halogens is 8. The van der Waals surface area contributed by atoms with Crippen molar-refractivity contribution in [3.8, 4) is 19.7 Å². The minimum atomic E-state index is -4.88. The number of nitro benzene ring substituents is 2. The lowest BCUT2D eigenvalue weighted by atomic mass is 10.0. The van der Waals surface area contributed by atoms with Crippen LogP contribution in [0.4, 0.5) is 37.7 Å². The van der Waals surface area contributed by atoms with Crippen molar-refractivity contribution in [1.82, 2.24) is 0 Å². The van der Waals surface area contributed by atoms with Gasteiger partial charge < -0.3 is 4.74 Å². The van der Waals surface area contributed by atoms with Crippen LogP contribution < -0.4 is 0 Å². The van der Waals surface area contributed by atoms with Crippen LogP contribution >= 0.6 is 45.2 Å². The van der Waals surface area contributed by atoms with Gasteiger partial charge in [0.15, 0.2) is 12.2 Å². The topological polar surface area (TPSA) is 95.5 Å². The minimum Gasteiger partial charge on any atom is -0.340 e. The summed E-state index contributed by atoms with van der Waals surface area (Å²) < 4.78 is 88.5. The van der Waals surface area contributed by atoms with Gasteiger partial charge in [-0.25, -0.2) is 0 Å². The summed E-state index contributed by atoms with van der Waals surface area (Å²) in [7, 11) is 0. The van der Waals surface area contributed by atoms with Gasteiger partial charge in [-0.3, -0.25) is 20.2 Å². The molecule has 0 aliphatic heterocycles. The van der Waals surface area contributed by atoms with Crippen molar-refractivity contribution in [3.05, 3.63) is 78.9 Å². The second-order valence-corrected chi connectivity index (χ2v) is 7.51. The lowest BCUT2D eigenvalue weighted by Crippen LogP contribution is -2.14. The summed E-state index contributed by atoms with van der Waals surface area (Å²) in [6.45, 7) is 0. The van der Waals surface area contributed by atoms with Crippen molar-refractivity contribution >= 4 is 56.6 Å². The molecule has 0 aliphatic rings. The third kappa shape index (κ3) is 7.18. The average Bonchev–Trinajstić information content (AvgIpc) is 2.76. The van der Waals surface area contributed by atoms with E-state index in [2.05, 4.69) is 19.7 Å². The summed E-state index contributed by atoms with van der Waals surface area (Å²) in [6.07, 6.45) is -13.0. The highest BCUT2D eigenvalue weighted by atomic mass is 127. The molecule has 0 aromatic heterocycles. The molecule has 15 heteroatoms. The van der Waals surface area contributed by atoms with Crippen molar-refractivity contribution in [2.45, 2.75) is 24.6 Å². The normalized spacial score (nSPS) is 13.0. The van der Waals surface area contributed by atoms with Crippen molar-refractivity contribution in [3.63, 3.8) is 0 Å². The first-order chi connectivity index (χ1) is 16.2. The van der Waals surface area contributed by atoms with Gasteiger partial charge in [-0.05, 0) is 32.1 Å². The van der Waals surface area contributed by atoms with Crippen LogP contribution in [0.1, 0.15) is 34.5 Å². The van der Waals surface area contributed by atoms with Gasteiger partial charge in [0, 0.05) is 57.3 Å². The van der Waals surface area contributed by atoms with E-state index in [0.717, 1.165) is 12.1 Å². The van der Waals surface area contributed by atoms with Crippen molar-refractivity contribution in [2.24, 2.45) is 0 Å². The third-order valence-corrected chi connectivity index (χ3v) is 4.94. The van der Waals surface area contributed by atoms with Crippen LogP contribution in [0.25, 0.3) is 0 Å². The maximum Gasteiger partial charge on any atom is 0.416 e. The van der Waals surface area contributed by atoms with Gasteiger partial charge >= 0.3 is 12.4 Å². The molecule has 2 rings (SSSR count). The molecule has 0 N–H and O–H groups in total. The summed E-state index contributed by atoms with van der Waals surface area (Å²) in [5.41, 5.74) is -5.43. The van der Waals surface area contributed by atoms with Crippen molar-refractivity contribution < 1.29 is 40.9 Å². The summed E-state index contributed by atoms with van der Waals surface area (Å²) in [4.78, 5) is 20.8. The predicted octanol–water partition coefficient (Wildman–Crippen LogP) is 7.13. The second-order valence-electron chi connectivity index (χ2n) is 6.43. The van der Waals surface area contributed by atoms with E-state index in [0.29, 0.717) is 12.1 Å². The first kappa shape index (κ1) is 28.6. The molecule has 2 aromatic rings. The number of rotatable bonds is 6. The maximum atomic E-state index is 13.0. The number of nitro groups is 2. The number of ether oxygens (including phenoxy) is 1. The van der Waals surface area contributed by atoms with Gasteiger partial charge in [0.2, 0.25) is 0 Å². The Kier molecular flexibility index (Phi) is 9.31. The molecule has 2 unspecified atom stereocenters. The highest BCUT2D eigenvalue weighted by Crippen LogP contribution is 2.40. The summed E-state index contributed by atoms with van der Waals surface area (Å²) >= 11 is 3.06. The zero-order chi connectivity index (χ0) is 26.6. The van der Waals surface area contributed by atoms with E-state index in [-0.39, 0.29) is 12.1 Å². The van der Waals surface area contributed by atoms with Crippen LogP contribution in [-0.2, 0) is 17.1 Å². The Hall–Kier alpha value is -2.64. The van der Waals surface area contributed by atoms with Crippen LogP contribution in [0.15, 0.2) is 36.4 Å². The zero-order valence-corrected chi connectivity index (χ0v) is 20.9. The molecule has 2 atom stereocenters. The summed E-state index contributed by atoms with van der Waals surface area (Å²) in [5.74, 6) is 4.81. The lowest BCUT2D eigenvalue weighted by Gasteiger charge is -2.19. The summed E-state index contributed by atoms with van der Waals surface area (Å²) in [6, 6.07) is 3.21. The molecule has 0 spiro atoms. The van der Waals surface area contributed by atoms with Crippen molar-refractivity contribution in [1.29, 1.82) is 0 Å². The molecule has 35 heavy (non-hydrogen) atoms. The Balaban J connectivity index is 2.65. The molecule has 0 heterocycles. The van der Waals surface area contributed by atoms with Crippen molar-refractivity contribution in [2.75, 3.05) is 0 Å². The molecule has 0 amide bonds. The average molecular weight is 724 g/mol. The fourth-order valence-corrected chi connectivity index (χ4v) is 3.37. The largest absolute Gasteiger partial charge is 0.416 e. The molecule has 0 bridgehead atoms. The summed E-state index contributed by atoms with van der Waals surface area (Å²) in [5, 5.41) is 22.9. The van der Waals surface area contributed by atoms with Gasteiger partial charge in [-0.15, -0.1) is 0 Å². The van der Waals surface area contributed by atoms with E-state index < -0.39 is 68.0 Å². The minimum absolute atomic E-state index is 0.278. The Morgan fingerprint density at radius 3 is 1.34 bits per heavy atom. The van der Waals surface area contributed by atoms with Crippen LogP contribution in [-0.4, -0.2) is 9.85 Å². The maximum absolute atomic E-state index is 13.0.